The number of rotatable bonds is 3. The van der Waals surface area contributed by atoms with Gasteiger partial charge in [-0.3, -0.25) is 4.79 Å². The average molecular weight is 426 g/mol. The molecule has 138 valence electrons. The lowest BCUT2D eigenvalue weighted by Crippen LogP contribution is -2.55. The molecule has 1 aliphatic heterocycles. The van der Waals surface area contributed by atoms with Gasteiger partial charge in [0.15, 0.2) is 0 Å². The van der Waals surface area contributed by atoms with Gasteiger partial charge in [-0.2, -0.15) is 0 Å². The van der Waals surface area contributed by atoms with Crippen molar-refractivity contribution >= 4 is 21.9 Å². The van der Waals surface area contributed by atoms with Crippen LogP contribution < -0.4 is 5.73 Å². The Kier molecular flexibility index (Phi) is 5.41. The van der Waals surface area contributed by atoms with Gasteiger partial charge in [-0.05, 0) is 42.3 Å². The minimum atomic E-state index is -1.38. The smallest absolute Gasteiger partial charge is 0.311 e. The van der Waals surface area contributed by atoms with E-state index in [2.05, 4.69) is 15.9 Å². The minimum absolute atomic E-state index is 0.0812. The van der Waals surface area contributed by atoms with Crippen LogP contribution in [0.2, 0.25) is 0 Å². The van der Waals surface area contributed by atoms with Gasteiger partial charge < -0.3 is 15.2 Å². The molecule has 0 spiro atoms. The second kappa shape index (κ2) is 7.42. The maximum Gasteiger partial charge on any atom is 0.311 e. The van der Waals surface area contributed by atoms with Crippen molar-refractivity contribution in [2.75, 3.05) is 13.7 Å². The van der Waals surface area contributed by atoms with Crippen LogP contribution in [0.1, 0.15) is 23.7 Å². The number of hydrogen-bond donors (Lipinski definition) is 1. The molecule has 3 rings (SSSR count). The number of benzene rings is 2. The first kappa shape index (κ1) is 18.9. The molecule has 1 saturated heterocycles. The highest BCUT2D eigenvalue weighted by atomic mass is 79.9. The summed E-state index contributed by atoms with van der Waals surface area (Å²) in [5.74, 6) is -2.24. The number of halogens is 3. The topological polar surface area (TPSA) is 61.5 Å². The summed E-state index contributed by atoms with van der Waals surface area (Å²) in [5.41, 5.74) is 6.01. The van der Waals surface area contributed by atoms with Crippen molar-refractivity contribution in [3.8, 4) is 0 Å². The fourth-order valence-corrected chi connectivity index (χ4v) is 3.67. The molecule has 3 atom stereocenters. The predicted octanol–water partition coefficient (Wildman–Crippen LogP) is 3.83. The van der Waals surface area contributed by atoms with Crippen LogP contribution in [-0.2, 0) is 19.8 Å². The zero-order valence-electron chi connectivity index (χ0n) is 14.0. The second-order valence-electron chi connectivity index (χ2n) is 6.33. The normalized spacial score (nSPS) is 25.7. The summed E-state index contributed by atoms with van der Waals surface area (Å²) >= 11 is 3.30. The standard InChI is InChI=1S/C19H18BrF2NO3/c1-25-18(24)15-9-17(11-2-5-13(21)6-3-11)26-10-19(15,23)14-8-12(20)4-7-16(14)22/h2-8,15,17H,9-10,23H2,1H3/t15-,17+,19+/m0/s1. The van der Waals surface area contributed by atoms with Gasteiger partial charge in [0.25, 0.3) is 0 Å². The average Bonchev–Trinajstić information content (AvgIpc) is 2.64. The van der Waals surface area contributed by atoms with Crippen LogP contribution in [0, 0.1) is 17.6 Å². The first-order valence-corrected chi connectivity index (χ1v) is 8.83. The molecule has 26 heavy (non-hydrogen) atoms. The molecule has 0 bridgehead atoms. The van der Waals surface area contributed by atoms with E-state index >= 15 is 0 Å². The summed E-state index contributed by atoms with van der Waals surface area (Å²) < 4.78 is 39.0. The third kappa shape index (κ3) is 3.51. The van der Waals surface area contributed by atoms with Crippen molar-refractivity contribution < 1.29 is 23.0 Å². The molecule has 0 radical (unpaired) electrons. The Hall–Kier alpha value is -1.83. The summed E-state index contributed by atoms with van der Waals surface area (Å²) in [6.45, 7) is -0.0812. The molecule has 1 aliphatic rings. The SMILES string of the molecule is COC(=O)[C@@H]1C[C@H](c2ccc(F)cc2)OC[C@@]1(N)c1cc(Br)ccc1F. The lowest BCUT2D eigenvalue weighted by Gasteiger charge is -2.43. The van der Waals surface area contributed by atoms with E-state index in [1.54, 1.807) is 24.3 Å². The quantitative estimate of drug-likeness (QED) is 0.758. The number of carbonyl (C=O) groups excluding carboxylic acids is 1. The number of carbonyl (C=O) groups is 1. The predicted molar refractivity (Wildman–Crippen MR) is 95.2 cm³/mol. The maximum absolute atomic E-state index is 14.5. The van der Waals surface area contributed by atoms with E-state index in [1.165, 1.54) is 25.3 Å². The molecule has 2 aromatic rings. The molecule has 0 aromatic heterocycles. The number of nitrogens with two attached hydrogens (primary N) is 1. The molecule has 2 aromatic carbocycles. The van der Waals surface area contributed by atoms with E-state index < -0.39 is 29.3 Å². The molecule has 1 fully saturated rings. The number of hydrogen-bond acceptors (Lipinski definition) is 4. The summed E-state index contributed by atoms with van der Waals surface area (Å²) in [4.78, 5) is 12.4. The molecule has 0 amide bonds. The maximum atomic E-state index is 14.5. The van der Waals surface area contributed by atoms with Crippen molar-refractivity contribution in [2.24, 2.45) is 11.7 Å². The Morgan fingerprint density at radius 1 is 1.27 bits per heavy atom. The van der Waals surface area contributed by atoms with Crippen LogP contribution in [0.15, 0.2) is 46.9 Å². The van der Waals surface area contributed by atoms with Crippen LogP contribution in [0.3, 0.4) is 0 Å². The summed E-state index contributed by atoms with van der Waals surface area (Å²) in [5, 5.41) is 0. The Bertz CT molecular complexity index is 815. The molecule has 0 saturated carbocycles. The van der Waals surface area contributed by atoms with Crippen LogP contribution in [0.4, 0.5) is 8.78 Å². The highest BCUT2D eigenvalue weighted by Crippen LogP contribution is 2.43. The van der Waals surface area contributed by atoms with E-state index in [1.807, 2.05) is 0 Å². The summed E-state index contributed by atoms with van der Waals surface area (Å²) in [6, 6.07) is 10.2. The third-order valence-corrected chi connectivity index (χ3v) is 5.25. The molecular formula is C19H18BrF2NO3. The van der Waals surface area contributed by atoms with Crippen molar-refractivity contribution in [3.05, 3.63) is 69.7 Å². The Balaban J connectivity index is 1.98. The van der Waals surface area contributed by atoms with Gasteiger partial charge in [0, 0.05) is 10.0 Å². The monoisotopic (exact) mass is 425 g/mol. The van der Waals surface area contributed by atoms with Crippen molar-refractivity contribution in [3.63, 3.8) is 0 Å². The van der Waals surface area contributed by atoms with E-state index in [0.717, 1.165) is 5.56 Å². The van der Waals surface area contributed by atoms with E-state index in [9.17, 15) is 13.6 Å². The first-order valence-electron chi connectivity index (χ1n) is 8.04. The molecule has 0 aliphatic carbocycles. The molecule has 2 N–H and O–H groups in total. The summed E-state index contributed by atoms with van der Waals surface area (Å²) in [6.07, 6.45) is -0.271. The zero-order chi connectivity index (χ0) is 18.9. The summed E-state index contributed by atoms with van der Waals surface area (Å²) in [7, 11) is 1.27. The highest BCUT2D eigenvalue weighted by Gasteiger charge is 2.49. The highest BCUT2D eigenvalue weighted by molar-refractivity contribution is 9.10. The van der Waals surface area contributed by atoms with E-state index in [-0.39, 0.29) is 24.4 Å². The first-order chi connectivity index (χ1) is 12.3. The van der Waals surface area contributed by atoms with Crippen molar-refractivity contribution in [1.29, 1.82) is 0 Å². The van der Waals surface area contributed by atoms with Gasteiger partial charge in [0.05, 0.1) is 31.3 Å². The van der Waals surface area contributed by atoms with Gasteiger partial charge in [0.1, 0.15) is 11.6 Å². The fraction of sp³-hybridized carbons (Fsp3) is 0.316. The zero-order valence-corrected chi connectivity index (χ0v) is 15.6. The van der Waals surface area contributed by atoms with Gasteiger partial charge in [0.2, 0.25) is 0 Å². The molecule has 1 heterocycles. The fourth-order valence-electron chi connectivity index (χ4n) is 3.31. The lowest BCUT2D eigenvalue weighted by molar-refractivity contribution is -0.158. The number of esters is 1. The number of methoxy groups -OCH3 is 1. The van der Waals surface area contributed by atoms with E-state index in [4.69, 9.17) is 15.2 Å². The molecule has 7 heteroatoms. The Labute approximate surface area is 158 Å². The Morgan fingerprint density at radius 2 is 1.96 bits per heavy atom. The van der Waals surface area contributed by atoms with Crippen LogP contribution in [0.25, 0.3) is 0 Å². The second-order valence-corrected chi connectivity index (χ2v) is 7.24. The van der Waals surface area contributed by atoms with Crippen LogP contribution >= 0.6 is 15.9 Å². The van der Waals surface area contributed by atoms with Gasteiger partial charge in [-0.1, -0.05) is 28.1 Å². The third-order valence-electron chi connectivity index (χ3n) is 4.75. The molecule has 0 unspecified atom stereocenters. The van der Waals surface area contributed by atoms with E-state index in [0.29, 0.717) is 4.47 Å². The van der Waals surface area contributed by atoms with Crippen LogP contribution in [0.5, 0.6) is 0 Å². The lowest BCUT2D eigenvalue weighted by atomic mass is 9.73. The van der Waals surface area contributed by atoms with Crippen molar-refractivity contribution in [2.45, 2.75) is 18.1 Å². The number of ether oxygens (including phenoxy) is 2. The minimum Gasteiger partial charge on any atom is -0.469 e. The van der Waals surface area contributed by atoms with Crippen molar-refractivity contribution in [1.82, 2.24) is 0 Å². The van der Waals surface area contributed by atoms with Crippen LogP contribution in [-0.4, -0.2) is 19.7 Å². The largest absolute Gasteiger partial charge is 0.469 e. The molecule has 4 nitrogen and oxygen atoms in total. The Morgan fingerprint density at radius 3 is 2.62 bits per heavy atom. The van der Waals surface area contributed by atoms with Gasteiger partial charge in [-0.15, -0.1) is 0 Å². The molecular weight excluding hydrogens is 408 g/mol. The van der Waals surface area contributed by atoms with Gasteiger partial charge in [-0.25, -0.2) is 8.78 Å². The van der Waals surface area contributed by atoms with Gasteiger partial charge >= 0.3 is 5.97 Å².